The number of carbonyl (C=O) groups is 1. The van der Waals surface area contributed by atoms with Crippen molar-refractivity contribution in [3.63, 3.8) is 0 Å². The highest BCUT2D eigenvalue weighted by atomic mass is 16.5. The molecular formula is C10H18N2O2. The first-order valence-corrected chi connectivity index (χ1v) is 5.50. The van der Waals surface area contributed by atoms with Crippen LogP contribution in [-0.4, -0.2) is 43.3 Å². The number of rotatable bonds is 2. The Morgan fingerprint density at radius 3 is 2.79 bits per heavy atom. The number of urea groups is 1. The summed E-state index contributed by atoms with van der Waals surface area (Å²) in [5.74, 6) is 0. The van der Waals surface area contributed by atoms with Crippen LogP contribution in [0.25, 0.3) is 0 Å². The van der Waals surface area contributed by atoms with Gasteiger partial charge >= 0.3 is 6.03 Å². The minimum Gasteiger partial charge on any atom is -0.376 e. The molecule has 0 aromatic rings. The Labute approximate surface area is 84.6 Å². The molecule has 1 N–H and O–H groups in total. The summed E-state index contributed by atoms with van der Waals surface area (Å²) < 4.78 is 5.53. The Bertz CT molecular complexity index is 198. The zero-order valence-electron chi connectivity index (χ0n) is 8.50. The summed E-state index contributed by atoms with van der Waals surface area (Å²) in [5.41, 5.74) is 0. The molecule has 2 fully saturated rings. The molecule has 0 aromatic heterocycles. The maximum Gasteiger partial charge on any atom is 0.317 e. The summed E-state index contributed by atoms with van der Waals surface area (Å²) in [5, 5.41) is 2.92. The maximum atomic E-state index is 11.4. The highest BCUT2D eigenvalue weighted by Gasteiger charge is 2.21. The molecule has 2 aliphatic heterocycles. The lowest BCUT2D eigenvalue weighted by molar-refractivity contribution is 0.0173. The molecule has 4 heteroatoms. The standard InChI is InChI=1S/C10H18N2O2/c13-10(12-5-3-6-12)11-8-9-4-1-2-7-14-9/h9H,1-8H2,(H,11,13). The summed E-state index contributed by atoms with van der Waals surface area (Å²) in [6, 6.07) is 0.0745. The highest BCUT2D eigenvalue weighted by Crippen LogP contribution is 2.12. The van der Waals surface area contributed by atoms with Crippen molar-refractivity contribution >= 4 is 6.03 Å². The van der Waals surface area contributed by atoms with Crippen molar-refractivity contribution in [2.45, 2.75) is 31.8 Å². The van der Waals surface area contributed by atoms with E-state index in [0.717, 1.165) is 39.0 Å². The van der Waals surface area contributed by atoms with Crippen molar-refractivity contribution in [3.05, 3.63) is 0 Å². The second kappa shape index (κ2) is 4.64. The van der Waals surface area contributed by atoms with Gasteiger partial charge in [-0.1, -0.05) is 0 Å². The minimum absolute atomic E-state index is 0.0745. The van der Waals surface area contributed by atoms with Gasteiger partial charge in [-0.3, -0.25) is 0 Å². The molecule has 14 heavy (non-hydrogen) atoms. The largest absolute Gasteiger partial charge is 0.376 e. The van der Waals surface area contributed by atoms with E-state index in [1.807, 2.05) is 4.90 Å². The van der Waals surface area contributed by atoms with Crippen LogP contribution in [0.5, 0.6) is 0 Å². The monoisotopic (exact) mass is 198 g/mol. The summed E-state index contributed by atoms with van der Waals surface area (Å²) in [7, 11) is 0. The van der Waals surface area contributed by atoms with Crippen molar-refractivity contribution in [3.8, 4) is 0 Å². The lowest BCUT2D eigenvalue weighted by atomic mass is 10.1. The van der Waals surface area contributed by atoms with E-state index in [1.165, 1.54) is 6.42 Å². The summed E-state index contributed by atoms with van der Waals surface area (Å²) in [4.78, 5) is 13.3. The van der Waals surface area contributed by atoms with E-state index in [2.05, 4.69) is 5.32 Å². The average Bonchev–Trinajstić information content (AvgIpc) is 2.14. The van der Waals surface area contributed by atoms with Gasteiger partial charge in [0.15, 0.2) is 0 Å². The van der Waals surface area contributed by atoms with Gasteiger partial charge in [0.25, 0.3) is 0 Å². The Morgan fingerprint density at radius 2 is 2.21 bits per heavy atom. The first kappa shape index (κ1) is 9.77. The third-order valence-corrected chi connectivity index (χ3v) is 2.90. The molecule has 0 aliphatic carbocycles. The third-order valence-electron chi connectivity index (χ3n) is 2.90. The van der Waals surface area contributed by atoms with E-state index < -0.39 is 0 Å². The first-order chi connectivity index (χ1) is 6.86. The molecule has 0 aromatic carbocycles. The summed E-state index contributed by atoms with van der Waals surface area (Å²) in [6.07, 6.45) is 4.86. The highest BCUT2D eigenvalue weighted by molar-refractivity contribution is 5.74. The van der Waals surface area contributed by atoms with Gasteiger partial charge in [0, 0.05) is 26.2 Å². The van der Waals surface area contributed by atoms with E-state index in [4.69, 9.17) is 4.74 Å². The van der Waals surface area contributed by atoms with Crippen LogP contribution >= 0.6 is 0 Å². The number of nitrogens with one attached hydrogen (secondary N) is 1. The van der Waals surface area contributed by atoms with E-state index >= 15 is 0 Å². The van der Waals surface area contributed by atoms with E-state index in [1.54, 1.807) is 0 Å². The smallest absolute Gasteiger partial charge is 0.317 e. The molecule has 0 bridgehead atoms. The van der Waals surface area contributed by atoms with Crippen molar-refractivity contribution in [1.29, 1.82) is 0 Å². The van der Waals surface area contributed by atoms with Gasteiger partial charge in [0.2, 0.25) is 0 Å². The van der Waals surface area contributed by atoms with Crippen LogP contribution in [0.15, 0.2) is 0 Å². The van der Waals surface area contributed by atoms with Gasteiger partial charge in [-0.2, -0.15) is 0 Å². The molecule has 4 nitrogen and oxygen atoms in total. The van der Waals surface area contributed by atoms with Crippen LogP contribution in [0.4, 0.5) is 4.79 Å². The lowest BCUT2D eigenvalue weighted by Gasteiger charge is -2.32. The van der Waals surface area contributed by atoms with Gasteiger partial charge in [-0.25, -0.2) is 4.79 Å². The zero-order chi connectivity index (χ0) is 9.80. The quantitative estimate of drug-likeness (QED) is 0.718. The fourth-order valence-corrected chi connectivity index (χ4v) is 1.80. The average molecular weight is 198 g/mol. The second-order valence-electron chi connectivity index (χ2n) is 4.02. The molecular weight excluding hydrogens is 180 g/mol. The van der Waals surface area contributed by atoms with E-state index in [9.17, 15) is 4.79 Å². The molecule has 0 saturated carbocycles. The molecule has 2 heterocycles. The summed E-state index contributed by atoms with van der Waals surface area (Å²) >= 11 is 0. The molecule has 1 atom stereocenters. The number of likely N-dealkylation sites (tertiary alicyclic amines) is 1. The number of carbonyl (C=O) groups excluding carboxylic acids is 1. The Hall–Kier alpha value is -0.770. The molecule has 2 saturated heterocycles. The van der Waals surface area contributed by atoms with Crippen molar-refractivity contribution in [2.24, 2.45) is 0 Å². The first-order valence-electron chi connectivity index (χ1n) is 5.50. The van der Waals surface area contributed by atoms with Crippen LogP contribution in [0.1, 0.15) is 25.7 Å². The fraction of sp³-hybridized carbons (Fsp3) is 0.900. The Morgan fingerprint density at radius 1 is 1.36 bits per heavy atom. The number of hydrogen-bond donors (Lipinski definition) is 1. The van der Waals surface area contributed by atoms with Crippen LogP contribution < -0.4 is 5.32 Å². The normalized spacial score (nSPS) is 26.9. The second-order valence-corrected chi connectivity index (χ2v) is 4.02. The van der Waals surface area contributed by atoms with Crippen LogP contribution in [0.2, 0.25) is 0 Å². The molecule has 80 valence electrons. The molecule has 2 aliphatic rings. The van der Waals surface area contributed by atoms with Gasteiger partial charge in [-0.15, -0.1) is 0 Å². The molecule has 1 unspecified atom stereocenters. The van der Waals surface area contributed by atoms with Gasteiger partial charge in [0.1, 0.15) is 0 Å². The SMILES string of the molecule is O=C(NCC1CCCCO1)N1CCC1. The summed E-state index contributed by atoms with van der Waals surface area (Å²) in [6.45, 7) is 3.36. The number of nitrogens with zero attached hydrogens (tertiary/aromatic N) is 1. The van der Waals surface area contributed by atoms with E-state index in [-0.39, 0.29) is 12.1 Å². The van der Waals surface area contributed by atoms with Crippen molar-refractivity contribution < 1.29 is 9.53 Å². The third kappa shape index (κ3) is 2.38. The number of amides is 2. The van der Waals surface area contributed by atoms with Gasteiger partial charge in [-0.05, 0) is 25.7 Å². The Balaban J connectivity index is 1.62. The van der Waals surface area contributed by atoms with Crippen LogP contribution in [-0.2, 0) is 4.74 Å². The van der Waals surface area contributed by atoms with Crippen molar-refractivity contribution in [1.82, 2.24) is 10.2 Å². The van der Waals surface area contributed by atoms with E-state index in [0.29, 0.717) is 6.54 Å². The molecule has 0 radical (unpaired) electrons. The van der Waals surface area contributed by atoms with Crippen LogP contribution in [0.3, 0.4) is 0 Å². The predicted molar refractivity (Wildman–Crippen MR) is 53.2 cm³/mol. The van der Waals surface area contributed by atoms with Gasteiger partial charge < -0.3 is 15.0 Å². The van der Waals surface area contributed by atoms with Crippen molar-refractivity contribution in [2.75, 3.05) is 26.2 Å². The number of ether oxygens (including phenoxy) is 1. The molecule has 2 amide bonds. The zero-order valence-corrected chi connectivity index (χ0v) is 8.50. The van der Waals surface area contributed by atoms with Crippen LogP contribution in [0, 0.1) is 0 Å². The predicted octanol–water partition coefficient (Wildman–Crippen LogP) is 0.971. The lowest BCUT2D eigenvalue weighted by Crippen LogP contribution is -2.49. The molecule has 2 rings (SSSR count). The topological polar surface area (TPSA) is 41.6 Å². The Kier molecular flexibility index (Phi) is 3.24. The molecule has 0 spiro atoms. The van der Waals surface area contributed by atoms with Gasteiger partial charge in [0.05, 0.1) is 6.10 Å². The number of hydrogen-bond acceptors (Lipinski definition) is 2. The fourth-order valence-electron chi connectivity index (χ4n) is 1.80. The maximum absolute atomic E-state index is 11.4. The minimum atomic E-state index is 0.0745.